The monoisotopic (exact) mass is 350 g/mol. The van der Waals surface area contributed by atoms with Gasteiger partial charge in [0.15, 0.2) is 6.61 Å². The molecule has 0 saturated heterocycles. The van der Waals surface area contributed by atoms with Crippen LogP contribution in [0.25, 0.3) is 0 Å². The Balaban J connectivity index is 2.39. The van der Waals surface area contributed by atoms with E-state index in [0.717, 1.165) is 19.3 Å². The molecule has 0 heterocycles. The zero-order chi connectivity index (χ0) is 18.7. The smallest absolute Gasteiger partial charge is 0.338 e. The Morgan fingerprint density at radius 1 is 1.12 bits per heavy atom. The lowest BCUT2D eigenvalue weighted by Gasteiger charge is -2.12. The molecule has 3 amide bonds. The fraction of sp³-hybridized carbons (Fsp3) is 0.500. The highest BCUT2D eigenvalue weighted by Gasteiger charge is 2.11. The zero-order valence-corrected chi connectivity index (χ0v) is 15.0. The summed E-state index contributed by atoms with van der Waals surface area (Å²) in [6.07, 6.45) is 2.55. The molecule has 0 aliphatic heterocycles. The fourth-order valence-electron chi connectivity index (χ4n) is 1.75. The zero-order valence-electron chi connectivity index (χ0n) is 15.0. The average molecular weight is 350 g/mol. The summed E-state index contributed by atoms with van der Waals surface area (Å²) in [5, 5.41) is 4.81. The third kappa shape index (κ3) is 8.19. The maximum absolute atomic E-state index is 11.8. The molecular formula is C18H26N2O5. The molecule has 0 spiro atoms. The minimum atomic E-state index is -0.552. The lowest BCUT2D eigenvalue weighted by atomic mass is 10.2. The summed E-state index contributed by atoms with van der Waals surface area (Å²) in [4.78, 5) is 34.9. The first-order valence-corrected chi connectivity index (χ1v) is 8.46. The predicted molar refractivity (Wildman–Crippen MR) is 93.6 cm³/mol. The van der Waals surface area contributed by atoms with E-state index in [2.05, 4.69) is 10.6 Å². The topological polar surface area (TPSA) is 93.7 Å². The molecule has 0 fully saturated rings. The van der Waals surface area contributed by atoms with Crippen molar-refractivity contribution in [3.8, 4) is 5.75 Å². The number of rotatable bonds is 9. The van der Waals surface area contributed by atoms with Crippen LogP contribution in [0.2, 0.25) is 0 Å². The number of benzene rings is 1. The fourth-order valence-corrected chi connectivity index (χ4v) is 1.75. The van der Waals surface area contributed by atoms with Crippen molar-refractivity contribution in [3.63, 3.8) is 0 Å². The molecule has 25 heavy (non-hydrogen) atoms. The van der Waals surface area contributed by atoms with Crippen molar-refractivity contribution in [3.05, 3.63) is 29.8 Å². The summed E-state index contributed by atoms with van der Waals surface area (Å²) in [6.45, 7) is 5.89. The van der Waals surface area contributed by atoms with E-state index in [1.807, 2.05) is 20.8 Å². The van der Waals surface area contributed by atoms with Crippen LogP contribution in [0.3, 0.4) is 0 Å². The molecule has 7 nitrogen and oxygen atoms in total. The van der Waals surface area contributed by atoms with Crippen LogP contribution in [0.5, 0.6) is 5.75 Å². The first kappa shape index (κ1) is 20.5. The van der Waals surface area contributed by atoms with E-state index >= 15 is 0 Å². The molecule has 7 heteroatoms. The molecule has 1 aromatic rings. The number of carbonyl (C=O) groups excluding carboxylic acids is 3. The highest BCUT2D eigenvalue weighted by atomic mass is 16.5. The second-order valence-corrected chi connectivity index (χ2v) is 5.63. The maximum atomic E-state index is 11.8. The van der Waals surface area contributed by atoms with Gasteiger partial charge < -0.3 is 14.8 Å². The molecule has 0 radical (unpaired) electrons. The van der Waals surface area contributed by atoms with Gasteiger partial charge in [0.05, 0.1) is 12.2 Å². The molecule has 0 aliphatic carbocycles. The van der Waals surface area contributed by atoms with Crippen LogP contribution < -0.4 is 15.4 Å². The molecule has 0 aliphatic rings. The molecule has 138 valence electrons. The van der Waals surface area contributed by atoms with Crippen molar-refractivity contribution in [1.29, 1.82) is 0 Å². The van der Waals surface area contributed by atoms with Gasteiger partial charge in [0, 0.05) is 6.04 Å². The maximum Gasteiger partial charge on any atom is 0.338 e. The average Bonchev–Trinajstić information content (AvgIpc) is 2.60. The van der Waals surface area contributed by atoms with E-state index in [4.69, 9.17) is 9.47 Å². The van der Waals surface area contributed by atoms with Gasteiger partial charge in [0.2, 0.25) is 0 Å². The lowest BCUT2D eigenvalue weighted by molar-refractivity contribution is -0.122. The van der Waals surface area contributed by atoms with Crippen molar-refractivity contribution >= 4 is 17.9 Å². The first-order chi connectivity index (χ1) is 12.0. The van der Waals surface area contributed by atoms with E-state index in [1.54, 1.807) is 24.3 Å². The van der Waals surface area contributed by atoms with E-state index in [1.165, 1.54) is 0 Å². The number of unbranched alkanes of at least 4 members (excludes halogenated alkanes) is 1. The van der Waals surface area contributed by atoms with E-state index < -0.39 is 11.9 Å². The number of carbonyl (C=O) groups is 3. The quantitative estimate of drug-likeness (QED) is 0.527. The SMILES string of the molecule is CCCCOC(=O)c1ccc(OCC(=O)NC(=O)N[C@H](C)CC)cc1. The summed E-state index contributed by atoms with van der Waals surface area (Å²) in [5.41, 5.74) is 0.417. The minimum absolute atomic E-state index is 0.0154. The number of ether oxygens (including phenoxy) is 2. The van der Waals surface area contributed by atoms with E-state index in [9.17, 15) is 14.4 Å². The molecule has 0 aromatic heterocycles. The van der Waals surface area contributed by atoms with Gasteiger partial charge >= 0.3 is 12.0 Å². The Hall–Kier alpha value is -2.57. The van der Waals surface area contributed by atoms with Gasteiger partial charge in [-0.05, 0) is 44.0 Å². The highest BCUT2D eigenvalue weighted by molar-refractivity contribution is 5.95. The van der Waals surface area contributed by atoms with Crippen molar-refractivity contribution in [2.45, 2.75) is 46.1 Å². The molecule has 1 rings (SSSR count). The number of esters is 1. The molecule has 0 saturated carbocycles. The molecule has 2 N–H and O–H groups in total. The first-order valence-electron chi connectivity index (χ1n) is 8.46. The number of hydrogen-bond donors (Lipinski definition) is 2. The molecular weight excluding hydrogens is 324 g/mol. The Morgan fingerprint density at radius 3 is 2.40 bits per heavy atom. The number of amides is 3. The largest absolute Gasteiger partial charge is 0.484 e. The Bertz CT molecular complexity index is 571. The summed E-state index contributed by atoms with van der Waals surface area (Å²) < 4.78 is 10.4. The van der Waals surface area contributed by atoms with Crippen molar-refractivity contribution < 1.29 is 23.9 Å². The van der Waals surface area contributed by atoms with Gasteiger partial charge in [-0.2, -0.15) is 0 Å². The van der Waals surface area contributed by atoms with Gasteiger partial charge in [-0.25, -0.2) is 9.59 Å². The van der Waals surface area contributed by atoms with Crippen LogP contribution in [0, 0.1) is 0 Å². The van der Waals surface area contributed by atoms with Crippen molar-refractivity contribution in [2.24, 2.45) is 0 Å². The highest BCUT2D eigenvalue weighted by Crippen LogP contribution is 2.13. The van der Waals surface area contributed by atoms with Gasteiger partial charge in [-0.15, -0.1) is 0 Å². The van der Waals surface area contributed by atoms with E-state index in [0.29, 0.717) is 17.9 Å². The normalized spacial score (nSPS) is 11.3. The van der Waals surface area contributed by atoms with Crippen LogP contribution in [-0.2, 0) is 9.53 Å². The van der Waals surface area contributed by atoms with Crippen molar-refractivity contribution in [1.82, 2.24) is 10.6 Å². The second-order valence-electron chi connectivity index (χ2n) is 5.63. The van der Waals surface area contributed by atoms with Crippen LogP contribution in [0.1, 0.15) is 50.4 Å². The molecule has 0 unspecified atom stereocenters. The van der Waals surface area contributed by atoms with Gasteiger partial charge in [-0.1, -0.05) is 20.3 Å². The molecule has 0 bridgehead atoms. The molecule has 1 atom stereocenters. The van der Waals surface area contributed by atoms with Crippen LogP contribution in [0.15, 0.2) is 24.3 Å². The Morgan fingerprint density at radius 2 is 1.80 bits per heavy atom. The van der Waals surface area contributed by atoms with Crippen LogP contribution in [0.4, 0.5) is 4.79 Å². The molecule has 1 aromatic carbocycles. The van der Waals surface area contributed by atoms with Gasteiger partial charge in [-0.3, -0.25) is 10.1 Å². The summed E-state index contributed by atoms with van der Waals surface area (Å²) in [7, 11) is 0. The lowest BCUT2D eigenvalue weighted by Crippen LogP contribution is -2.44. The number of urea groups is 1. The van der Waals surface area contributed by atoms with Gasteiger partial charge in [0.25, 0.3) is 5.91 Å². The summed E-state index contributed by atoms with van der Waals surface area (Å²) in [6, 6.07) is 5.71. The van der Waals surface area contributed by atoms with E-state index in [-0.39, 0.29) is 18.6 Å². The Labute approximate surface area is 148 Å². The number of hydrogen-bond acceptors (Lipinski definition) is 5. The number of nitrogens with one attached hydrogen (secondary N) is 2. The van der Waals surface area contributed by atoms with Crippen molar-refractivity contribution in [2.75, 3.05) is 13.2 Å². The van der Waals surface area contributed by atoms with Gasteiger partial charge in [0.1, 0.15) is 5.75 Å². The summed E-state index contributed by atoms with van der Waals surface area (Å²) >= 11 is 0. The van der Waals surface area contributed by atoms with Crippen LogP contribution in [-0.4, -0.2) is 37.2 Å². The third-order valence-electron chi connectivity index (χ3n) is 3.43. The Kier molecular flexibility index (Phi) is 9.06. The summed E-state index contributed by atoms with van der Waals surface area (Å²) in [5.74, 6) is -0.522. The minimum Gasteiger partial charge on any atom is -0.484 e. The number of imide groups is 1. The second kappa shape index (κ2) is 11.1. The third-order valence-corrected chi connectivity index (χ3v) is 3.43. The predicted octanol–water partition coefficient (Wildman–Crippen LogP) is 2.65. The standard InChI is InChI=1S/C18H26N2O5/c1-4-6-11-24-17(22)14-7-9-15(10-8-14)25-12-16(21)20-18(23)19-13(3)5-2/h7-10,13H,4-6,11-12H2,1-3H3,(H2,19,20,21,23)/t13-/m1/s1. The van der Waals surface area contributed by atoms with Crippen LogP contribution >= 0.6 is 0 Å².